The molecule has 1 rings (SSSR count). The molecule has 98 valence electrons. The smallest absolute Gasteiger partial charge is 0.313 e. The van der Waals surface area contributed by atoms with Crippen molar-refractivity contribution in [2.24, 2.45) is 0 Å². The van der Waals surface area contributed by atoms with Crippen LogP contribution in [0.1, 0.15) is 36.3 Å². The fourth-order valence-electron chi connectivity index (χ4n) is 2.03. The molecule has 1 aromatic carbocycles. The van der Waals surface area contributed by atoms with Gasteiger partial charge >= 0.3 is 5.97 Å². The Morgan fingerprint density at radius 1 is 1.50 bits per heavy atom. The monoisotopic (exact) mass is 248 g/mol. The van der Waals surface area contributed by atoms with E-state index in [1.807, 2.05) is 30.3 Å². The van der Waals surface area contributed by atoms with E-state index >= 15 is 0 Å². The lowest BCUT2D eigenvalue weighted by Crippen LogP contribution is -2.16. The quantitative estimate of drug-likeness (QED) is 0.458. The van der Waals surface area contributed by atoms with Gasteiger partial charge in [0, 0.05) is 0 Å². The maximum absolute atomic E-state index is 11.8. The fourth-order valence-corrected chi connectivity index (χ4v) is 2.03. The van der Waals surface area contributed by atoms with Crippen LogP contribution >= 0.6 is 0 Å². The SMILES string of the molecule is C=CCCCC(C(=O)OC)c1ccccc1CO. The Morgan fingerprint density at radius 3 is 2.83 bits per heavy atom. The maximum atomic E-state index is 11.8. The highest BCUT2D eigenvalue weighted by Gasteiger charge is 2.22. The number of hydrogen-bond donors (Lipinski definition) is 1. The molecule has 0 aliphatic rings. The zero-order valence-corrected chi connectivity index (χ0v) is 10.8. The number of hydrogen-bond acceptors (Lipinski definition) is 3. The molecule has 1 atom stereocenters. The zero-order valence-electron chi connectivity index (χ0n) is 10.8. The van der Waals surface area contributed by atoms with Gasteiger partial charge in [0.15, 0.2) is 0 Å². The molecule has 1 N–H and O–H groups in total. The molecule has 18 heavy (non-hydrogen) atoms. The number of methoxy groups -OCH3 is 1. The molecule has 0 aliphatic heterocycles. The van der Waals surface area contributed by atoms with Crippen LogP contribution in [0.5, 0.6) is 0 Å². The van der Waals surface area contributed by atoms with E-state index in [2.05, 4.69) is 6.58 Å². The van der Waals surface area contributed by atoms with Gasteiger partial charge in [0.25, 0.3) is 0 Å². The van der Waals surface area contributed by atoms with Crippen LogP contribution in [0.25, 0.3) is 0 Å². The largest absolute Gasteiger partial charge is 0.469 e. The molecule has 0 saturated carbocycles. The van der Waals surface area contributed by atoms with E-state index in [4.69, 9.17) is 4.74 Å². The van der Waals surface area contributed by atoms with Crippen LogP contribution in [0, 0.1) is 0 Å². The number of rotatable bonds is 7. The third-order valence-electron chi connectivity index (χ3n) is 2.99. The molecule has 0 aliphatic carbocycles. The van der Waals surface area contributed by atoms with Crippen molar-refractivity contribution in [1.82, 2.24) is 0 Å². The Balaban J connectivity index is 2.93. The van der Waals surface area contributed by atoms with Crippen molar-refractivity contribution in [2.75, 3.05) is 7.11 Å². The van der Waals surface area contributed by atoms with Crippen molar-refractivity contribution in [3.05, 3.63) is 48.0 Å². The van der Waals surface area contributed by atoms with Crippen molar-refractivity contribution in [3.63, 3.8) is 0 Å². The predicted molar refractivity (Wildman–Crippen MR) is 71.2 cm³/mol. The van der Waals surface area contributed by atoms with E-state index in [9.17, 15) is 9.90 Å². The number of allylic oxidation sites excluding steroid dienone is 1. The lowest BCUT2D eigenvalue weighted by Gasteiger charge is -2.17. The average Bonchev–Trinajstić information content (AvgIpc) is 2.43. The van der Waals surface area contributed by atoms with E-state index in [1.54, 1.807) is 0 Å². The molecule has 3 heteroatoms. The Hall–Kier alpha value is -1.61. The van der Waals surface area contributed by atoms with Crippen LogP contribution < -0.4 is 0 Å². The second-order valence-electron chi connectivity index (χ2n) is 4.15. The number of benzene rings is 1. The first-order valence-electron chi connectivity index (χ1n) is 6.12. The van der Waals surface area contributed by atoms with E-state index in [1.165, 1.54) is 7.11 Å². The lowest BCUT2D eigenvalue weighted by molar-refractivity contribution is -0.142. The summed E-state index contributed by atoms with van der Waals surface area (Å²) in [5, 5.41) is 9.33. The van der Waals surface area contributed by atoms with Gasteiger partial charge in [0.05, 0.1) is 19.6 Å². The second kappa shape index (κ2) is 7.67. The van der Waals surface area contributed by atoms with E-state index in [0.717, 1.165) is 24.0 Å². The molecule has 3 nitrogen and oxygen atoms in total. The maximum Gasteiger partial charge on any atom is 0.313 e. The number of aliphatic hydroxyl groups is 1. The van der Waals surface area contributed by atoms with E-state index in [-0.39, 0.29) is 18.5 Å². The van der Waals surface area contributed by atoms with Gasteiger partial charge in [0.2, 0.25) is 0 Å². The molecular weight excluding hydrogens is 228 g/mol. The van der Waals surface area contributed by atoms with Crippen LogP contribution in [0.2, 0.25) is 0 Å². The molecular formula is C15H20O3. The van der Waals surface area contributed by atoms with Crippen molar-refractivity contribution in [3.8, 4) is 0 Å². The Morgan fingerprint density at radius 2 is 2.22 bits per heavy atom. The molecule has 0 fully saturated rings. The Bertz CT molecular complexity index is 398. The number of aliphatic hydroxyl groups excluding tert-OH is 1. The molecule has 0 spiro atoms. The van der Waals surface area contributed by atoms with Crippen molar-refractivity contribution in [1.29, 1.82) is 0 Å². The molecule has 1 aromatic rings. The van der Waals surface area contributed by atoms with Gasteiger partial charge in [-0.25, -0.2) is 0 Å². The van der Waals surface area contributed by atoms with Gasteiger partial charge in [-0.15, -0.1) is 6.58 Å². The molecule has 0 radical (unpaired) electrons. The lowest BCUT2D eigenvalue weighted by atomic mass is 9.90. The Labute approximate surface area is 108 Å². The van der Waals surface area contributed by atoms with Crippen LogP contribution in [0.3, 0.4) is 0 Å². The second-order valence-corrected chi connectivity index (χ2v) is 4.15. The van der Waals surface area contributed by atoms with Gasteiger partial charge in [-0.1, -0.05) is 30.3 Å². The predicted octanol–water partition coefficient (Wildman–Crippen LogP) is 2.79. The topological polar surface area (TPSA) is 46.5 Å². The molecule has 0 aromatic heterocycles. The van der Waals surface area contributed by atoms with Crippen molar-refractivity contribution in [2.45, 2.75) is 31.8 Å². The first-order valence-corrected chi connectivity index (χ1v) is 6.12. The van der Waals surface area contributed by atoms with Crippen LogP contribution in [0.15, 0.2) is 36.9 Å². The summed E-state index contributed by atoms with van der Waals surface area (Å²) in [5.41, 5.74) is 1.64. The zero-order chi connectivity index (χ0) is 13.4. The molecule has 0 saturated heterocycles. The summed E-state index contributed by atoms with van der Waals surface area (Å²) in [6.45, 7) is 3.61. The Kier molecular flexibility index (Phi) is 6.15. The average molecular weight is 248 g/mol. The third-order valence-corrected chi connectivity index (χ3v) is 2.99. The summed E-state index contributed by atoms with van der Waals surface area (Å²) in [7, 11) is 1.39. The number of ether oxygens (including phenoxy) is 1. The fraction of sp³-hybridized carbons (Fsp3) is 0.400. The molecule has 0 amide bonds. The van der Waals surface area contributed by atoms with Crippen LogP contribution in [-0.4, -0.2) is 18.2 Å². The van der Waals surface area contributed by atoms with Gasteiger partial charge in [-0.3, -0.25) is 4.79 Å². The van der Waals surface area contributed by atoms with Crippen molar-refractivity contribution < 1.29 is 14.6 Å². The van der Waals surface area contributed by atoms with E-state index in [0.29, 0.717) is 6.42 Å². The van der Waals surface area contributed by atoms with Crippen molar-refractivity contribution >= 4 is 5.97 Å². The first kappa shape index (κ1) is 14.5. The van der Waals surface area contributed by atoms with Gasteiger partial charge in [-0.05, 0) is 30.4 Å². The molecule has 0 bridgehead atoms. The summed E-state index contributed by atoms with van der Waals surface area (Å²) in [5.74, 6) is -0.557. The number of carbonyl (C=O) groups excluding carboxylic acids is 1. The summed E-state index contributed by atoms with van der Waals surface area (Å²) in [6, 6.07) is 7.44. The molecule has 0 heterocycles. The number of esters is 1. The highest BCUT2D eigenvalue weighted by atomic mass is 16.5. The molecule has 1 unspecified atom stereocenters. The van der Waals surface area contributed by atoms with Crippen LogP contribution in [0.4, 0.5) is 0 Å². The normalized spacial score (nSPS) is 11.9. The minimum Gasteiger partial charge on any atom is -0.469 e. The van der Waals surface area contributed by atoms with Gasteiger partial charge < -0.3 is 9.84 Å². The third kappa shape index (κ3) is 3.70. The minimum atomic E-state index is -0.307. The summed E-state index contributed by atoms with van der Waals surface area (Å²) >= 11 is 0. The first-order chi connectivity index (χ1) is 8.74. The minimum absolute atomic E-state index is 0.0644. The standard InChI is InChI=1S/C15H20O3/c1-3-4-5-10-14(15(17)18-2)13-9-7-6-8-12(13)11-16/h3,6-9,14,16H,1,4-5,10-11H2,2H3. The number of carbonyl (C=O) groups is 1. The summed E-state index contributed by atoms with van der Waals surface area (Å²) in [6.07, 6.45) is 4.29. The summed E-state index contributed by atoms with van der Waals surface area (Å²) < 4.78 is 4.85. The number of unbranched alkanes of at least 4 members (excludes halogenated alkanes) is 1. The van der Waals surface area contributed by atoms with Crippen LogP contribution in [-0.2, 0) is 16.1 Å². The van der Waals surface area contributed by atoms with Gasteiger partial charge in [-0.2, -0.15) is 0 Å². The highest BCUT2D eigenvalue weighted by molar-refractivity contribution is 5.78. The highest BCUT2D eigenvalue weighted by Crippen LogP contribution is 2.26. The summed E-state index contributed by atoms with van der Waals surface area (Å²) in [4.78, 5) is 11.8. The van der Waals surface area contributed by atoms with Gasteiger partial charge in [0.1, 0.15) is 0 Å². The van der Waals surface area contributed by atoms with E-state index < -0.39 is 0 Å².